The molecule has 0 aliphatic heterocycles. The van der Waals surface area contributed by atoms with Crippen molar-refractivity contribution in [2.24, 2.45) is 5.73 Å². The van der Waals surface area contributed by atoms with Crippen molar-refractivity contribution < 1.29 is 4.39 Å². The number of rotatable bonds is 3. The molecule has 1 atom stereocenters. The number of anilines is 1. The van der Waals surface area contributed by atoms with Crippen molar-refractivity contribution in [2.75, 3.05) is 25.7 Å². The molecule has 0 aliphatic carbocycles. The van der Waals surface area contributed by atoms with E-state index in [1.807, 2.05) is 25.1 Å². The predicted octanol–water partition coefficient (Wildman–Crippen LogP) is 2.38. The van der Waals surface area contributed by atoms with E-state index in [-0.39, 0.29) is 0 Å². The largest absolute Gasteiger partial charge is 0.378 e. The van der Waals surface area contributed by atoms with Gasteiger partial charge in [-0.05, 0) is 17.7 Å². The molecular formula is C10H14ClFN2. The average molecular weight is 217 g/mol. The first-order valence-electron chi connectivity index (χ1n) is 4.34. The first kappa shape index (κ1) is 11.3. The van der Waals surface area contributed by atoms with Crippen LogP contribution in [0.4, 0.5) is 10.1 Å². The maximum atomic E-state index is 12.3. The van der Waals surface area contributed by atoms with Gasteiger partial charge >= 0.3 is 0 Å². The summed E-state index contributed by atoms with van der Waals surface area (Å²) in [5.74, 6) is 0. The van der Waals surface area contributed by atoms with Gasteiger partial charge in [0.1, 0.15) is 6.67 Å². The highest BCUT2D eigenvalue weighted by molar-refractivity contribution is 6.31. The summed E-state index contributed by atoms with van der Waals surface area (Å²) in [6.45, 7) is -0.596. The van der Waals surface area contributed by atoms with Crippen LogP contribution in [0.15, 0.2) is 18.2 Å². The molecule has 0 heterocycles. The zero-order valence-electron chi connectivity index (χ0n) is 8.30. The Kier molecular flexibility index (Phi) is 3.72. The van der Waals surface area contributed by atoms with Crippen molar-refractivity contribution in [3.63, 3.8) is 0 Å². The lowest BCUT2D eigenvalue weighted by atomic mass is 10.1. The summed E-state index contributed by atoms with van der Waals surface area (Å²) in [7, 11) is 3.83. The Balaban J connectivity index is 3.01. The van der Waals surface area contributed by atoms with Gasteiger partial charge in [0.15, 0.2) is 0 Å². The summed E-state index contributed by atoms with van der Waals surface area (Å²) in [5, 5.41) is 0.515. The normalized spacial score (nSPS) is 12.6. The first-order chi connectivity index (χ1) is 6.56. The molecule has 14 heavy (non-hydrogen) atoms. The van der Waals surface area contributed by atoms with Gasteiger partial charge in [0, 0.05) is 24.8 Å². The number of nitrogens with zero attached hydrogens (tertiary/aromatic N) is 1. The van der Waals surface area contributed by atoms with Crippen LogP contribution >= 0.6 is 11.6 Å². The van der Waals surface area contributed by atoms with E-state index in [0.717, 1.165) is 5.69 Å². The zero-order valence-corrected chi connectivity index (χ0v) is 9.05. The van der Waals surface area contributed by atoms with Crippen molar-refractivity contribution in [1.82, 2.24) is 0 Å². The van der Waals surface area contributed by atoms with Gasteiger partial charge < -0.3 is 10.6 Å². The van der Waals surface area contributed by atoms with E-state index in [9.17, 15) is 4.39 Å². The maximum Gasteiger partial charge on any atom is 0.109 e. The molecule has 2 N–H and O–H groups in total. The lowest BCUT2D eigenvalue weighted by molar-refractivity contribution is 0.437. The summed E-state index contributed by atoms with van der Waals surface area (Å²) in [4.78, 5) is 1.93. The highest BCUT2D eigenvalue weighted by Crippen LogP contribution is 2.26. The average Bonchev–Trinajstić information content (AvgIpc) is 2.16. The number of alkyl halides is 1. The van der Waals surface area contributed by atoms with Gasteiger partial charge in [0.2, 0.25) is 0 Å². The van der Waals surface area contributed by atoms with Gasteiger partial charge in [0.25, 0.3) is 0 Å². The van der Waals surface area contributed by atoms with Gasteiger partial charge in [0.05, 0.1) is 6.04 Å². The van der Waals surface area contributed by atoms with Crippen LogP contribution in [-0.4, -0.2) is 20.8 Å². The molecule has 1 aromatic carbocycles. The molecule has 1 rings (SSSR count). The third-order valence-corrected chi connectivity index (χ3v) is 2.39. The van der Waals surface area contributed by atoms with Crippen LogP contribution in [0.1, 0.15) is 11.6 Å². The van der Waals surface area contributed by atoms with Crippen molar-refractivity contribution in [3.05, 3.63) is 28.8 Å². The van der Waals surface area contributed by atoms with Crippen LogP contribution in [0.5, 0.6) is 0 Å². The minimum atomic E-state index is -0.626. The summed E-state index contributed by atoms with van der Waals surface area (Å²) >= 11 is 5.97. The van der Waals surface area contributed by atoms with Crippen LogP contribution in [0.25, 0.3) is 0 Å². The fourth-order valence-corrected chi connectivity index (χ4v) is 1.49. The lowest BCUT2D eigenvalue weighted by Crippen LogP contribution is -2.14. The van der Waals surface area contributed by atoms with E-state index in [4.69, 9.17) is 17.3 Å². The van der Waals surface area contributed by atoms with Crippen molar-refractivity contribution in [1.29, 1.82) is 0 Å². The Morgan fingerprint density at radius 2 is 2.14 bits per heavy atom. The molecule has 0 radical (unpaired) electrons. The second-order valence-electron chi connectivity index (χ2n) is 3.36. The Morgan fingerprint density at radius 1 is 1.50 bits per heavy atom. The molecule has 1 aromatic rings. The summed E-state index contributed by atoms with van der Waals surface area (Å²) in [6, 6.07) is 4.80. The van der Waals surface area contributed by atoms with Crippen molar-refractivity contribution >= 4 is 17.3 Å². The third-order valence-electron chi connectivity index (χ3n) is 2.07. The topological polar surface area (TPSA) is 29.3 Å². The highest BCUT2D eigenvalue weighted by atomic mass is 35.5. The second-order valence-corrected chi connectivity index (χ2v) is 3.77. The van der Waals surface area contributed by atoms with E-state index in [1.165, 1.54) is 0 Å². The number of halogens is 2. The van der Waals surface area contributed by atoms with Gasteiger partial charge in [-0.3, -0.25) is 0 Å². The van der Waals surface area contributed by atoms with Gasteiger partial charge in [-0.2, -0.15) is 0 Å². The van der Waals surface area contributed by atoms with Gasteiger partial charge in [-0.15, -0.1) is 0 Å². The fraction of sp³-hybridized carbons (Fsp3) is 0.400. The predicted molar refractivity (Wildman–Crippen MR) is 58.7 cm³/mol. The minimum Gasteiger partial charge on any atom is -0.378 e. The van der Waals surface area contributed by atoms with E-state index >= 15 is 0 Å². The molecule has 78 valence electrons. The summed E-state index contributed by atoms with van der Waals surface area (Å²) in [5.41, 5.74) is 7.18. The molecule has 0 saturated heterocycles. The molecule has 0 bridgehead atoms. The molecule has 4 heteroatoms. The number of benzene rings is 1. The van der Waals surface area contributed by atoms with E-state index in [2.05, 4.69) is 0 Å². The first-order valence-corrected chi connectivity index (χ1v) is 4.72. The molecule has 0 saturated carbocycles. The molecule has 0 aliphatic rings. The SMILES string of the molecule is CN(C)c1ccc([C@H](N)CF)c(Cl)c1. The molecule has 2 nitrogen and oxygen atoms in total. The lowest BCUT2D eigenvalue weighted by Gasteiger charge is -2.16. The van der Waals surface area contributed by atoms with Crippen LogP contribution in [0, 0.1) is 0 Å². The minimum absolute atomic E-state index is 0.515. The number of hydrogen-bond acceptors (Lipinski definition) is 2. The van der Waals surface area contributed by atoms with Gasteiger partial charge in [-0.25, -0.2) is 4.39 Å². The van der Waals surface area contributed by atoms with Crippen LogP contribution in [0.3, 0.4) is 0 Å². The summed E-state index contributed by atoms with van der Waals surface area (Å²) < 4.78 is 12.3. The zero-order chi connectivity index (χ0) is 10.7. The number of nitrogens with two attached hydrogens (primary N) is 1. The van der Waals surface area contributed by atoms with E-state index in [1.54, 1.807) is 12.1 Å². The maximum absolute atomic E-state index is 12.3. The Labute approximate surface area is 88.5 Å². The summed E-state index contributed by atoms with van der Waals surface area (Å²) in [6.07, 6.45) is 0. The van der Waals surface area contributed by atoms with Crippen molar-refractivity contribution in [2.45, 2.75) is 6.04 Å². The second kappa shape index (κ2) is 4.62. The fourth-order valence-electron chi connectivity index (χ4n) is 1.18. The molecule has 0 spiro atoms. The Bertz CT molecular complexity index is 315. The Hall–Kier alpha value is -0.800. The van der Waals surface area contributed by atoms with E-state index in [0.29, 0.717) is 10.6 Å². The quantitative estimate of drug-likeness (QED) is 0.841. The van der Waals surface area contributed by atoms with Crippen LogP contribution in [0.2, 0.25) is 5.02 Å². The van der Waals surface area contributed by atoms with E-state index < -0.39 is 12.7 Å². The van der Waals surface area contributed by atoms with Crippen LogP contribution in [-0.2, 0) is 0 Å². The monoisotopic (exact) mass is 216 g/mol. The van der Waals surface area contributed by atoms with Gasteiger partial charge in [-0.1, -0.05) is 17.7 Å². The third kappa shape index (κ3) is 2.36. The molecule has 0 aromatic heterocycles. The number of hydrogen-bond donors (Lipinski definition) is 1. The molecule has 0 fully saturated rings. The van der Waals surface area contributed by atoms with Crippen molar-refractivity contribution in [3.8, 4) is 0 Å². The van der Waals surface area contributed by atoms with Crippen LogP contribution < -0.4 is 10.6 Å². The smallest absolute Gasteiger partial charge is 0.109 e. The highest BCUT2D eigenvalue weighted by Gasteiger charge is 2.10. The standard InChI is InChI=1S/C10H14ClFN2/c1-14(2)7-3-4-8(9(11)5-7)10(13)6-12/h3-5,10H,6,13H2,1-2H3/t10-/m1/s1. The molecule has 0 unspecified atom stereocenters. The molecular weight excluding hydrogens is 203 g/mol. The Morgan fingerprint density at radius 3 is 2.57 bits per heavy atom. The molecule has 0 amide bonds.